The summed E-state index contributed by atoms with van der Waals surface area (Å²) in [7, 11) is 0. The van der Waals surface area contributed by atoms with E-state index < -0.39 is 0 Å². The van der Waals surface area contributed by atoms with E-state index in [0.29, 0.717) is 17.0 Å². The molecule has 0 atom stereocenters. The maximum atomic E-state index is 8.08. The summed E-state index contributed by atoms with van der Waals surface area (Å²) in [5.74, 6) is 0.645. The van der Waals surface area contributed by atoms with Gasteiger partial charge in [-0.05, 0) is 36.4 Å². The third kappa shape index (κ3) is 2.06. The van der Waals surface area contributed by atoms with Gasteiger partial charge in [-0.1, -0.05) is 28.1 Å². The molecule has 2 N–H and O–H groups in total. The fourth-order valence-electron chi connectivity index (χ4n) is 2.37. The average molecular weight is 340 g/mol. The number of aromatic amines is 1. The molecule has 0 amide bonds. The fourth-order valence-corrected chi connectivity index (χ4v) is 2.75. The zero-order valence-corrected chi connectivity index (χ0v) is 12.4. The first kappa shape index (κ1) is 12.3. The van der Waals surface area contributed by atoms with Gasteiger partial charge in [-0.25, -0.2) is 4.98 Å². The predicted octanol–water partition coefficient (Wildman–Crippen LogP) is 4.22. The molecule has 21 heavy (non-hydrogen) atoms. The van der Waals surface area contributed by atoms with E-state index in [1.807, 2.05) is 48.5 Å². The van der Waals surface area contributed by atoms with Crippen molar-refractivity contribution in [2.45, 2.75) is 0 Å². The highest BCUT2D eigenvalue weighted by atomic mass is 79.9. The number of benzene rings is 2. The van der Waals surface area contributed by atoms with Gasteiger partial charge in [-0.2, -0.15) is 0 Å². The highest BCUT2D eigenvalue weighted by molar-refractivity contribution is 9.10. The maximum Gasteiger partial charge on any atom is 0.223 e. The van der Waals surface area contributed by atoms with E-state index in [1.54, 1.807) is 0 Å². The molecule has 2 heterocycles. The van der Waals surface area contributed by atoms with E-state index in [2.05, 4.69) is 25.9 Å². The smallest absolute Gasteiger partial charge is 0.223 e. The maximum absolute atomic E-state index is 8.08. The molecule has 0 radical (unpaired) electrons. The summed E-state index contributed by atoms with van der Waals surface area (Å²) >= 11 is 3.45. The number of hydrogen-bond donors (Lipinski definition) is 2. The van der Waals surface area contributed by atoms with E-state index in [9.17, 15) is 0 Å². The van der Waals surface area contributed by atoms with E-state index in [0.717, 1.165) is 20.9 Å². The Morgan fingerprint density at radius 1 is 1.10 bits per heavy atom. The van der Waals surface area contributed by atoms with Crippen LogP contribution in [0.1, 0.15) is 0 Å². The molecular weight excluding hydrogens is 330 g/mol. The molecule has 4 nitrogen and oxygen atoms in total. The van der Waals surface area contributed by atoms with Crippen molar-refractivity contribution in [3.63, 3.8) is 0 Å². The summed E-state index contributed by atoms with van der Waals surface area (Å²) in [6.45, 7) is 0. The quantitative estimate of drug-likeness (QED) is 0.545. The molecule has 0 bridgehead atoms. The third-order valence-corrected chi connectivity index (χ3v) is 3.87. The molecule has 0 spiro atoms. The number of rotatable bonds is 1. The van der Waals surface area contributed by atoms with E-state index in [-0.39, 0.29) is 5.55 Å². The second-order valence-electron chi connectivity index (χ2n) is 4.77. The molecule has 4 aromatic rings. The lowest BCUT2D eigenvalue weighted by Crippen LogP contribution is -2.04. The Bertz CT molecular complexity index is 999. The third-order valence-electron chi connectivity index (χ3n) is 3.37. The van der Waals surface area contributed by atoms with Crippen LogP contribution in [-0.4, -0.2) is 9.97 Å². The van der Waals surface area contributed by atoms with Crippen LogP contribution in [0.25, 0.3) is 33.4 Å². The van der Waals surface area contributed by atoms with Crippen molar-refractivity contribution in [3.8, 4) is 11.4 Å². The molecule has 0 saturated heterocycles. The van der Waals surface area contributed by atoms with Crippen molar-refractivity contribution in [2.75, 3.05) is 0 Å². The van der Waals surface area contributed by atoms with Crippen molar-refractivity contribution >= 4 is 37.9 Å². The Labute approximate surface area is 128 Å². The monoisotopic (exact) mass is 339 g/mol. The number of imidazole rings is 1. The van der Waals surface area contributed by atoms with Gasteiger partial charge in [0.05, 0.1) is 16.6 Å². The molecule has 2 aromatic carbocycles. The molecule has 0 aliphatic carbocycles. The molecule has 0 aliphatic rings. The second-order valence-corrected chi connectivity index (χ2v) is 5.69. The average Bonchev–Trinajstić information content (AvgIpc) is 2.90. The van der Waals surface area contributed by atoms with Gasteiger partial charge in [-0.3, -0.25) is 5.41 Å². The Kier molecular flexibility index (Phi) is 2.68. The summed E-state index contributed by atoms with van der Waals surface area (Å²) < 4.78 is 6.55. The highest BCUT2D eigenvalue weighted by Gasteiger charge is 2.10. The van der Waals surface area contributed by atoms with E-state index in [1.165, 1.54) is 0 Å². The summed E-state index contributed by atoms with van der Waals surface area (Å²) in [4.78, 5) is 7.75. The first-order valence-corrected chi connectivity index (χ1v) is 7.23. The van der Waals surface area contributed by atoms with Gasteiger partial charge in [0.25, 0.3) is 0 Å². The van der Waals surface area contributed by atoms with Gasteiger partial charge in [0.15, 0.2) is 0 Å². The molecule has 5 heteroatoms. The standard InChI is InChI=1S/C16H10BrN3O/c17-10-5-6-14-9(7-10)8-11(15(18)21-14)16-19-12-3-1-2-4-13(12)20-16/h1-8,18H,(H,19,20). The Balaban J connectivity index is 2.00. The normalized spacial score (nSPS) is 11.3. The number of fused-ring (bicyclic) bond motifs is 2. The Morgan fingerprint density at radius 3 is 2.81 bits per heavy atom. The number of H-pyrrole nitrogens is 1. The Hall–Kier alpha value is -2.40. The van der Waals surface area contributed by atoms with Crippen molar-refractivity contribution in [2.24, 2.45) is 0 Å². The molecule has 0 aliphatic heterocycles. The summed E-state index contributed by atoms with van der Waals surface area (Å²) in [6.07, 6.45) is 0. The van der Waals surface area contributed by atoms with Crippen molar-refractivity contribution in [3.05, 3.63) is 58.6 Å². The van der Waals surface area contributed by atoms with Crippen LogP contribution in [-0.2, 0) is 0 Å². The zero-order chi connectivity index (χ0) is 14.4. The molecule has 102 valence electrons. The Morgan fingerprint density at radius 2 is 1.95 bits per heavy atom. The van der Waals surface area contributed by atoms with Crippen LogP contribution < -0.4 is 5.55 Å². The summed E-state index contributed by atoms with van der Waals surface area (Å²) in [6, 6.07) is 15.4. The molecule has 0 fully saturated rings. The van der Waals surface area contributed by atoms with Gasteiger partial charge in [-0.15, -0.1) is 0 Å². The first-order chi connectivity index (χ1) is 10.2. The van der Waals surface area contributed by atoms with Gasteiger partial charge < -0.3 is 9.40 Å². The van der Waals surface area contributed by atoms with Crippen molar-refractivity contribution < 1.29 is 4.42 Å². The number of nitrogens with zero attached hydrogens (tertiary/aromatic N) is 1. The molecule has 0 unspecified atom stereocenters. The number of halogens is 1. The second kappa shape index (κ2) is 4.56. The minimum absolute atomic E-state index is 0.101. The lowest BCUT2D eigenvalue weighted by Gasteiger charge is -2.01. The van der Waals surface area contributed by atoms with Crippen molar-refractivity contribution in [1.82, 2.24) is 9.97 Å². The zero-order valence-electron chi connectivity index (χ0n) is 10.9. The number of aromatic nitrogens is 2. The number of hydrogen-bond acceptors (Lipinski definition) is 3. The molecule has 0 saturated carbocycles. The molecule has 4 rings (SSSR count). The van der Waals surface area contributed by atoms with Gasteiger partial charge in [0.2, 0.25) is 5.55 Å². The first-order valence-electron chi connectivity index (χ1n) is 6.44. The van der Waals surface area contributed by atoms with Crippen LogP contribution in [0.2, 0.25) is 0 Å². The largest absolute Gasteiger partial charge is 0.438 e. The van der Waals surface area contributed by atoms with Gasteiger partial charge in [0, 0.05) is 9.86 Å². The fraction of sp³-hybridized carbons (Fsp3) is 0. The molecular formula is C16H10BrN3O. The summed E-state index contributed by atoms with van der Waals surface area (Å²) in [5, 5.41) is 9.01. The SMILES string of the molecule is N=c1oc2ccc(Br)cc2cc1-c1nc2ccccc2[nH]1. The minimum atomic E-state index is 0.101. The van der Waals surface area contributed by atoms with Crippen molar-refractivity contribution in [1.29, 1.82) is 5.41 Å². The minimum Gasteiger partial charge on any atom is -0.438 e. The van der Waals surface area contributed by atoms with Gasteiger partial charge >= 0.3 is 0 Å². The van der Waals surface area contributed by atoms with Crippen LogP contribution in [0.4, 0.5) is 0 Å². The van der Waals surface area contributed by atoms with Crippen LogP contribution >= 0.6 is 15.9 Å². The predicted molar refractivity (Wildman–Crippen MR) is 84.9 cm³/mol. The topological polar surface area (TPSA) is 65.7 Å². The van der Waals surface area contributed by atoms with E-state index >= 15 is 0 Å². The highest BCUT2D eigenvalue weighted by Crippen LogP contribution is 2.23. The number of para-hydroxylation sites is 2. The van der Waals surface area contributed by atoms with Crippen LogP contribution in [0, 0.1) is 5.41 Å². The summed E-state index contributed by atoms with van der Waals surface area (Å²) in [5.41, 5.74) is 3.26. The van der Waals surface area contributed by atoms with Gasteiger partial charge in [0.1, 0.15) is 11.4 Å². The number of nitrogens with one attached hydrogen (secondary N) is 2. The molecule has 2 aromatic heterocycles. The van der Waals surface area contributed by atoms with Crippen LogP contribution in [0.5, 0.6) is 0 Å². The van der Waals surface area contributed by atoms with E-state index in [4.69, 9.17) is 9.83 Å². The lowest BCUT2D eigenvalue weighted by atomic mass is 10.2. The van der Waals surface area contributed by atoms with Crippen LogP contribution in [0.3, 0.4) is 0 Å². The van der Waals surface area contributed by atoms with Crippen LogP contribution in [0.15, 0.2) is 57.4 Å². The lowest BCUT2D eigenvalue weighted by molar-refractivity contribution is 0.535.